The Morgan fingerprint density at radius 1 is 1.08 bits per heavy atom. The number of nitrogens with zero attached hydrogens (tertiary/aromatic N) is 3. The van der Waals surface area contributed by atoms with E-state index >= 15 is 4.39 Å². The average Bonchev–Trinajstić information content (AvgIpc) is 2.92. The Kier molecular flexibility index (Phi) is 7.45. The molecule has 3 N–H and O–H groups in total. The maximum absolute atomic E-state index is 15.0. The highest BCUT2D eigenvalue weighted by atomic mass is 19.1. The lowest BCUT2D eigenvalue weighted by Gasteiger charge is -2.34. The van der Waals surface area contributed by atoms with Crippen LogP contribution in [0.5, 0.6) is 0 Å². The van der Waals surface area contributed by atoms with Gasteiger partial charge in [-0.05, 0) is 66.8 Å². The van der Waals surface area contributed by atoms with Crippen molar-refractivity contribution in [3.63, 3.8) is 0 Å². The number of piperidine rings is 1. The van der Waals surface area contributed by atoms with E-state index in [0.29, 0.717) is 11.1 Å². The Hall–Kier alpha value is -4.08. The summed E-state index contributed by atoms with van der Waals surface area (Å²) in [6.07, 6.45) is 3.45. The van der Waals surface area contributed by atoms with Crippen molar-refractivity contribution in [2.45, 2.75) is 25.8 Å². The molecule has 0 saturated carbocycles. The van der Waals surface area contributed by atoms with Gasteiger partial charge in [0.1, 0.15) is 11.6 Å². The molecule has 7 nitrogen and oxygen atoms in total. The first kappa shape index (κ1) is 26.5. The lowest BCUT2D eigenvalue weighted by Crippen LogP contribution is -2.40. The topological polar surface area (TPSA) is 83.7 Å². The monoisotopic (exact) mass is 531 g/mol. The Labute approximate surface area is 226 Å². The Morgan fingerprint density at radius 2 is 1.85 bits per heavy atom. The number of benzene rings is 3. The first-order chi connectivity index (χ1) is 18.7. The molecule has 1 aliphatic heterocycles. The molecule has 1 saturated heterocycles. The van der Waals surface area contributed by atoms with E-state index in [9.17, 15) is 9.18 Å². The minimum Gasteiger partial charge on any atom is -0.370 e. The molecular formula is C30H31F2N5O2. The van der Waals surface area contributed by atoms with Gasteiger partial charge in [-0.25, -0.2) is 18.6 Å². The van der Waals surface area contributed by atoms with Gasteiger partial charge in [0.2, 0.25) is 0 Å². The molecule has 2 amide bonds. The Morgan fingerprint density at radius 3 is 2.56 bits per heavy atom. The lowest BCUT2D eigenvalue weighted by atomic mass is 9.95. The van der Waals surface area contributed by atoms with Gasteiger partial charge in [-0.3, -0.25) is 9.82 Å². The molecule has 0 aliphatic carbocycles. The number of hydrogen-bond donors (Lipinski definition) is 2. The lowest BCUT2D eigenvalue weighted by molar-refractivity contribution is -0.0598. The minimum absolute atomic E-state index is 0.0427. The minimum atomic E-state index is -0.611. The first-order valence-corrected chi connectivity index (χ1v) is 12.8. The first-order valence-electron chi connectivity index (χ1n) is 12.8. The van der Waals surface area contributed by atoms with Crippen LogP contribution in [0, 0.1) is 18.6 Å². The molecular weight excluding hydrogens is 500 g/mol. The number of aryl methyl sites for hydroxylation is 1. The summed E-state index contributed by atoms with van der Waals surface area (Å²) < 4.78 is 29.5. The van der Waals surface area contributed by atoms with Crippen LogP contribution in [0.3, 0.4) is 0 Å². The number of fused-ring (bicyclic) bond motifs is 1. The molecule has 1 aromatic heterocycles. The number of para-hydroxylation sites is 1. The number of hydrogen-bond acceptors (Lipinski definition) is 5. The van der Waals surface area contributed by atoms with Crippen molar-refractivity contribution in [2.24, 2.45) is 5.73 Å². The number of halogens is 2. The number of carbonyl (C=O) groups excluding carboxylic acids is 1. The molecule has 0 spiro atoms. The maximum atomic E-state index is 15.0. The number of anilines is 2. The highest BCUT2D eigenvalue weighted by Gasteiger charge is 2.23. The van der Waals surface area contributed by atoms with E-state index in [0.717, 1.165) is 64.3 Å². The zero-order valence-corrected chi connectivity index (χ0v) is 22.2. The van der Waals surface area contributed by atoms with Crippen LogP contribution in [0.15, 0.2) is 60.8 Å². The third kappa shape index (κ3) is 5.41. The zero-order chi connectivity index (χ0) is 27.7. The van der Waals surface area contributed by atoms with Gasteiger partial charge < -0.3 is 16.0 Å². The van der Waals surface area contributed by atoms with Crippen LogP contribution in [0.1, 0.15) is 18.4 Å². The standard InChI is InChI=1S/C30H31F2N5O2/c1-18-13-20(15-21(31)14-18)25-17-34-27-8-7-19(16-24(27)29(25)37-11-9-22(33)10-12-37)23-5-4-6-26(32)28(23)35-30(38)36(2)39-3/h4-8,13-17,22H,9-12,33H2,1-3H3,(H,35,38). The third-order valence-corrected chi connectivity index (χ3v) is 7.16. The summed E-state index contributed by atoms with van der Waals surface area (Å²) in [4.78, 5) is 24.4. The fourth-order valence-electron chi connectivity index (χ4n) is 5.07. The van der Waals surface area contributed by atoms with Crippen molar-refractivity contribution in [3.05, 3.63) is 78.0 Å². The second-order valence-electron chi connectivity index (χ2n) is 9.87. The molecule has 5 rings (SSSR count). The van der Waals surface area contributed by atoms with Crippen molar-refractivity contribution < 1.29 is 18.4 Å². The van der Waals surface area contributed by atoms with Crippen molar-refractivity contribution in [1.82, 2.24) is 10.0 Å². The summed E-state index contributed by atoms with van der Waals surface area (Å²) in [5.74, 6) is -0.885. The van der Waals surface area contributed by atoms with Crippen molar-refractivity contribution in [1.29, 1.82) is 0 Å². The molecule has 0 radical (unpaired) electrons. The predicted molar refractivity (Wildman–Crippen MR) is 150 cm³/mol. The highest BCUT2D eigenvalue weighted by Crippen LogP contribution is 2.41. The second-order valence-corrected chi connectivity index (χ2v) is 9.87. The number of nitrogens with one attached hydrogen (secondary N) is 1. The number of aromatic nitrogens is 1. The van der Waals surface area contributed by atoms with Crippen LogP contribution in [-0.4, -0.2) is 49.4 Å². The van der Waals surface area contributed by atoms with Crippen molar-refractivity contribution in [2.75, 3.05) is 37.5 Å². The number of amides is 2. The number of nitrogens with two attached hydrogens (primary N) is 1. The maximum Gasteiger partial charge on any atom is 0.345 e. The molecule has 39 heavy (non-hydrogen) atoms. The molecule has 202 valence electrons. The normalized spacial score (nSPS) is 14.1. The predicted octanol–water partition coefficient (Wildman–Crippen LogP) is 6.11. The summed E-state index contributed by atoms with van der Waals surface area (Å²) in [5, 5.41) is 4.44. The number of rotatable bonds is 5. The van der Waals surface area contributed by atoms with E-state index in [2.05, 4.69) is 10.2 Å². The van der Waals surface area contributed by atoms with Gasteiger partial charge >= 0.3 is 6.03 Å². The quantitative estimate of drug-likeness (QED) is 0.304. The molecule has 0 atom stereocenters. The van der Waals surface area contributed by atoms with Crippen molar-refractivity contribution in [3.8, 4) is 22.3 Å². The molecule has 1 fully saturated rings. The third-order valence-electron chi connectivity index (χ3n) is 7.16. The highest BCUT2D eigenvalue weighted by molar-refractivity contribution is 6.03. The van der Waals surface area contributed by atoms with E-state index < -0.39 is 11.8 Å². The van der Waals surface area contributed by atoms with Gasteiger partial charge in [0.25, 0.3) is 0 Å². The van der Waals surface area contributed by atoms with Crippen molar-refractivity contribution >= 4 is 28.3 Å². The summed E-state index contributed by atoms with van der Waals surface area (Å²) in [7, 11) is 2.79. The number of urea groups is 1. The van der Waals surface area contributed by atoms with Gasteiger partial charge in [0, 0.05) is 48.9 Å². The average molecular weight is 532 g/mol. The number of pyridine rings is 1. The van der Waals surface area contributed by atoms with Gasteiger partial charge in [0.05, 0.1) is 24.0 Å². The molecule has 1 aliphatic rings. The molecule has 3 aromatic carbocycles. The second kappa shape index (κ2) is 11.0. The molecule has 0 bridgehead atoms. The molecule has 9 heteroatoms. The number of carbonyl (C=O) groups is 1. The zero-order valence-electron chi connectivity index (χ0n) is 22.2. The van der Waals surface area contributed by atoms with Gasteiger partial charge in [-0.15, -0.1) is 0 Å². The fraction of sp³-hybridized carbons (Fsp3) is 0.267. The molecule has 2 heterocycles. The Balaban J connectivity index is 1.70. The van der Waals surface area contributed by atoms with Gasteiger partial charge in [0.15, 0.2) is 0 Å². The van der Waals surface area contributed by atoms with E-state index in [4.69, 9.17) is 15.6 Å². The Bertz CT molecular complexity index is 1520. The fourth-order valence-corrected chi connectivity index (χ4v) is 5.07. The van der Waals surface area contributed by atoms with Crippen LogP contribution in [0.4, 0.5) is 25.0 Å². The SMILES string of the molecule is CON(C)C(=O)Nc1c(F)cccc1-c1ccc2ncc(-c3cc(C)cc(F)c3)c(N3CCC(N)CC3)c2c1. The van der Waals surface area contributed by atoms with Crippen LogP contribution < -0.4 is 16.0 Å². The van der Waals surface area contributed by atoms with E-state index in [1.807, 2.05) is 31.2 Å². The summed E-state index contributed by atoms with van der Waals surface area (Å²) in [5.41, 5.74) is 11.5. The van der Waals surface area contributed by atoms with Crippen LogP contribution in [0.25, 0.3) is 33.2 Å². The van der Waals surface area contributed by atoms with Crippen LogP contribution in [0.2, 0.25) is 0 Å². The largest absolute Gasteiger partial charge is 0.370 e. The van der Waals surface area contributed by atoms with E-state index in [1.54, 1.807) is 18.3 Å². The summed E-state index contributed by atoms with van der Waals surface area (Å²) in [6, 6.07) is 14.8. The van der Waals surface area contributed by atoms with Gasteiger partial charge in [-0.1, -0.05) is 24.3 Å². The van der Waals surface area contributed by atoms with Gasteiger partial charge in [-0.2, -0.15) is 0 Å². The smallest absolute Gasteiger partial charge is 0.345 e. The summed E-state index contributed by atoms with van der Waals surface area (Å²) in [6.45, 7) is 3.35. The molecule has 4 aromatic rings. The van der Waals surface area contributed by atoms with Crippen LogP contribution in [-0.2, 0) is 4.84 Å². The van der Waals surface area contributed by atoms with E-state index in [-0.39, 0.29) is 17.5 Å². The van der Waals surface area contributed by atoms with Crippen LogP contribution >= 0.6 is 0 Å². The number of hydroxylamine groups is 2. The molecule has 0 unspecified atom stereocenters. The van der Waals surface area contributed by atoms with E-state index in [1.165, 1.54) is 32.4 Å². The summed E-state index contributed by atoms with van der Waals surface area (Å²) >= 11 is 0.